The maximum atomic E-state index is 9.75. The first-order valence-corrected chi connectivity index (χ1v) is 18.0. The van der Waals surface area contributed by atoms with Gasteiger partial charge in [0.05, 0.1) is 0 Å². The minimum atomic E-state index is -6.00. The molecule has 8 rings (SSSR count). The molecule has 0 atom stereocenters. The number of aromatic nitrogens is 2. The first-order valence-electron chi connectivity index (χ1n) is 18.0. The number of rotatable bonds is 6. The van der Waals surface area contributed by atoms with E-state index in [0.29, 0.717) is 0 Å². The molecule has 0 radical (unpaired) electrons. The molecule has 2 heterocycles. The minimum Gasteiger partial charge on any atom is -0.418 e. The van der Waals surface area contributed by atoms with Gasteiger partial charge < -0.3 is 34.5 Å². The van der Waals surface area contributed by atoms with Crippen molar-refractivity contribution in [2.45, 2.75) is 0 Å². The summed E-state index contributed by atoms with van der Waals surface area (Å²) in [6.45, 7) is 0. The summed E-state index contributed by atoms with van der Waals surface area (Å²) < 4.78 is 78.0. The first-order chi connectivity index (χ1) is 27.8. The normalized spacial score (nSPS) is 10.8. The molecule has 0 saturated carbocycles. The van der Waals surface area contributed by atoms with E-state index in [4.69, 9.17) is 0 Å². The van der Waals surface area contributed by atoms with Crippen LogP contribution in [0, 0.1) is 0 Å². The zero-order valence-electron chi connectivity index (χ0n) is 30.8. The second-order valence-electron chi connectivity index (χ2n) is 12.6. The Labute approximate surface area is 331 Å². The van der Waals surface area contributed by atoms with E-state index in [0.717, 1.165) is 22.8 Å². The van der Waals surface area contributed by atoms with Crippen LogP contribution >= 0.6 is 0 Å². The van der Waals surface area contributed by atoms with Crippen LogP contribution in [0.15, 0.2) is 206 Å². The first kappa shape index (κ1) is 42.3. The number of halogens is 8. The molecule has 2 aromatic heterocycles. The topological polar surface area (TPSA) is 28.3 Å². The van der Waals surface area contributed by atoms with Crippen molar-refractivity contribution in [3.63, 3.8) is 0 Å². The van der Waals surface area contributed by atoms with E-state index in [1.54, 1.807) is 0 Å². The van der Waals surface area contributed by atoms with Gasteiger partial charge in [0.25, 0.3) is 0 Å². The van der Waals surface area contributed by atoms with Crippen molar-refractivity contribution in [2.75, 3.05) is 0 Å². The van der Waals surface area contributed by atoms with Gasteiger partial charge in [-0.25, -0.2) is 9.97 Å². The van der Waals surface area contributed by atoms with Gasteiger partial charge in [-0.05, 0) is 70.8 Å². The third-order valence-electron chi connectivity index (χ3n) is 8.29. The number of hydrogen-bond acceptors (Lipinski definition) is 0. The second-order valence-corrected chi connectivity index (χ2v) is 12.6. The van der Waals surface area contributed by atoms with Crippen molar-refractivity contribution in [3.05, 3.63) is 206 Å². The largest absolute Gasteiger partial charge is 0.673 e. The molecule has 2 N–H and O–H groups in total. The molecule has 0 aliphatic rings. The number of hydrogen-bond donors (Lipinski definition) is 0. The lowest BCUT2D eigenvalue weighted by Gasteiger charge is -2.05. The van der Waals surface area contributed by atoms with Gasteiger partial charge in [-0.15, -0.1) is 0 Å². The molecule has 8 aromatic rings. The van der Waals surface area contributed by atoms with Crippen molar-refractivity contribution in [3.8, 4) is 67.3 Å². The smallest absolute Gasteiger partial charge is 0.418 e. The Morgan fingerprint density at radius 3 is 0.552 bits per heavy atom. The van der Waals surface area contributed by atoms with Crippen LogP contribution in [0.1, 0.15) is 0 Å². The zero-order chi connectivity index (χ0) is 41.4. The van der Waals surface area contributed by atoms with E-state index in [9.17, 15) is 34.5 Å². The lowest BCUT2D eigenvalue weighted by atomic mass is 10.00. The van der Waals surface area contributed by atoms with Crippen LogP contribution in [-0.4, -0.2) is 14.5 Å². The zero-order valence-corrected chi connectivity index (χ0v) is 30.8. The quantitative estimate of drug-likeness (QED) is 0.119. The Morgan fingerprint density at radius 1 is 0.224 bits per heavy atom. The van der Waals surface area contributed by atoms with E-state index in [-0.39, 0.29) is 0 Å². The second kappa shape index (κ2) is 20.4. The molecule has 0 unspecified atom stereocenters. The van der Waals surface area contributed by atoms with Gasteiger partial charge in [0, 0.05) is 46.5 Å². The average molecular weight is 790 g/mol. The summed E-state index contributed by atoms with van der Waals surface area (Å²) in [6.07, 6.45) is 0. The lowest BCUT2D eigenvalue weighted by molar-refractivity contribution is -0.351. The fraction of sp³-hybridized carbons (Fsp3) is 0. The molecular weight excluding hydrogens is 754 g/mol. The van der Waals surface area contributed by atoms with Crippen LogP contribution < -0.4 is 9.97 Å². The maximum absolute atomic E-state index is 9.75. The monoisotopic (exact) mass is 790 g/mol. The standard InChI is InChI=1S/2C23H17N.2BF4/c2*1-4-10-18(11-5-1)21-16-22(19-12-6-2-7-13-19)24-23(17-21)20-14-8-3-9-15-20;2*2-1(3,4)5/h2*1-17H;;/q;;2*-1/p+2. The summed E-state index contributed by atoms with van der Waals surface area (Å²) in [5, 5.41) is 0. The molecule has 2 nitrogen and oxygen atoms in total. The number of aromatic amines is 2. The van der Waals surface area contributed by atoms with Crippen molar-refractivity contribution in [1.82, 2.24) is 0 Å². The van der Waals surface area contributed by atoms with Crippen LogP contribution in [0.4, 0.5) is 34.5 Å². The number of pyridine rings is 2. The molecular formula is C46H36B2F8N2. The fourth-order valence-electron chi connectivity index (χ4n) is 5.83. The average Bonchev–Trinajstić information content (AvgIpc) is 3.24. The van der Waals surface area contributed by atoms with E-state index < -0.39 is 14.5 Å². The Morgan fingerprint density at radius 2 is 0.379 bits per heavy atom. The highest BCUT2D eigenvalue weighted by Gasteiger charge is 2.21. The minimum absolute atomic E-state index is 1.12. The highest BCUT2D eigenvalue weighted by Crippen LogP contribution is 2.29. The summed E-state index contributed by atoms with van der Waals surface area (Å²) in [5.41, 5.74) is 14.1. The molecule has 0 bridgehead atoms. The van der Waals surface area contributed by atoms with Crippen LogP contribution in [-0.2, 0) is 0 Å². The molecule has 6 aromatic carbocycles. The van der Waals surface area contributed by atoms with Crippen molar-refractivity contribution in [1.29, 1.82) is 0 Å². The molecule has 12 heteroatoms. The van der Waals surface area contributed by atoms with Gasteiger partial charge >= 0.3 is 14.5 Å². The van der Waals surface area contributed by atoms with Crippen molar-refractivity contribution < 1.29 is 44.5 Å². The summed E-state index contributed by atoms with van der Waals surface area (Å²) in [5.74, 6) is 0. The highest BCUT2D eigenvalue weighted by molar-refractivity contribution is 6.50. The van der Waals surface area contributed by atoms with Gasteiger partial charge in [0.1, 0.15) is 0 Å². The van der Waals surface area contributed by atoms with Crippen LogP contribution in [0.25, 0.3) is 67.3 Å². The molecule has 0 fully saturated rings. The Balaban J connectivity index is 0.000000180. The Hall–Kier alpha value is -6.81. The lowest BCUT2D eigenvalue weighted by Crippen LogP contribution is -2.11. The highest BCUT2D eigenvalue weighted by atomic mass is 19.5. The summed E-state index contributed by atoms with van der Waals surface area (Å²) in [7, 11) is -12.0. The molecule has 0 aliphatic heterocycles. The van der Waals surface area contributed by atoms with E-state index in [2.05, 4.69) is 192 Å². The molecule has 0 amide bonds. The van der Waals surface area contributed by atoms with Gasteiger partial charge in [-0.3, -0.25) is 0 Å². The Kier molecular flexibility index (Phi) is 14.9. The molecule has 0 saturated heterocycles. The predicted octanol–water partition coefficient (Wildman–Crippen LogP) is 13.6. The molecule has 292 valence electrons. The summed E-state index contributed by atoms with van der Waals surface area (Å²) in [6, 6.07) is 71.7. The third kappa shape index (κ3) is 14.4. The number of H-pyrrole nitrogens is 2. The SMILES string of the molecule is F[B-](F)(F)F.F[B-](F)(F)F.c1ccc(-c2cc(-c3ccccc3)[nH+]c(-c3ccccc3)c2)cc1.c1ccc(-c2cc(-c3ccccc3)[nH+]c(-c3ccccc3)c2)cc1. The van der Waals surface area contributed by atoms with E-state index >= 15 is 0 Å². The summed E-state index contributed by atoms with van der Waals surface area (Å²) >= 11 is 0. The van der Waals surface area contributed by atoms with Crippen molar-refractivity contribution >= 4 is 14.5 Å². The number of benzene rings is 6. The summed E-state index contributed by atoms with van der Waals surface area (Å²) in [4.78, 5) is 7.17. The van der Waals surface area contributed by atoms with Crippen LogP contribution in [0.3, 0.4) is 0 Å². The third-order valence-corrected chi connectivity index (χ3v) is 8.29. The molecule has 58 heavy (non-hydrogen) atoms. The van der Waals surface area contributed by atoms with Gasteiger partial charge in [0.2, 0.25) is 22.8 Å². The Bertz CT molecular complexity index is 1960. The van der Waals surface area contributed by atoms with Gasteiger partial charge in [0.15, 0.2) is 0 Å². The predicted molar refractivity (Wildman–Crippen MR) is 219 cm³/mol. The van der Waals surface area contributed by atoms with Crippen LogP contribution in [0.2, 0.25) is 0 Å². The van der Waals surface area contributed by atoms with E-state index in [1.165, 1.54) is 44.5 Å². The van der Waals surface area contributed by atoms with E-state index in [1.807, 2.05) is 24.3 Å². The molecule has 0 aliphatic carbocycles. The van der Waals surface area contributed by atoms with Crippen LogP contribution in [0.5, 0.6) is 0 Å². The van der Waals surface area contributed by atoms with Gasteiger partial charge in [-0.2, -0.15) is 0 Å². The number of nitrogens with one attached hydrogen (secondary N) is 2. The fourth-order valence-corrected chi connectivity index (χ4v) is 5.83. The molecule has 0 spiro atoms. The van der Waals surface area contributed by atoms with Crippen molar-refractivity contribution in [2.24, 2.45) is 0 Å². The maximum Gasteiger partial charge on any atom is 0.673 e. The van der Waals surface area contributed by atoms with Gasteiger partial charge in [-0.1, -0.05) is 133 Å².